The molecule has 0 spiro atoms. The Morgan fingerprint density at radius 3 is 2.33 bits per heavy atom. The maximum atomic E-state index is 13.7. The van der Waals surface area contributed by atoms with Crippen LogP contribution in [0.5, 0.6) is 0 Å². The van der Waals surface area contributed by atoms with Gasteiger partial charge in [-0.05, 0) is 103 Å². The maximum absolute atomic E-state index is 13.7. The van der Waals surface area contributed by atoms with Crippen molar-refractivity contribution < 1.29 is 20.8 Å². The molecule has 0 saturated heterocycles. The minimum absolute atomic E-state index is 0. The largest absolute Gasteiger partial charge is 0.416 e. The summed E-state index contributed by atoms with van der Waals surface area (Å²) in [6.45, 7) is 13.8. The molecule has 0 aliphatic carbocycles. The zero-order valence-corrected chi connectivity index (χ0v) is 25.1. The van der Waals surface area contributed by atoms with Gasteiger partial charge >= 0.3 is 6.18 Å². The Morgan fingerprint density at radius 2 is 1.71 bits per heavy atom. The molecule has 4 aromatic rings. The fraction of sp³-hybridized carbons (Fsp3) is 0.314. The predicted molar refractivity (Wildman–Crippen MR) is 170 cm³/mol. The Hall–Kier alpha value is -4.13. The third-order valence-electron chi connectivity index (χ3n) is 6.62. The van der Waals surface area contributed by atoms with Crippen LogP contribution in [0.2, 0.25) is 0 Å². The van der Waals surface area contributed by atoms with Gasteiger partial charge in [0.05, 0.1) is 5.56 Å². The second kappa shape index (κ2) is 14.7. The molecule has 4 nitrogen and oxygen atoms in total. The number of carbonyl (C=O) groups excluding carboxylic acids is 1. The zero-order valence-electron chi connectivity index (χ0n) is 25.1. The minimum Gasteiger partial charge on any atom is -0.356 e. The van der Waals surface area contributed by atoms with Gasteiger partial charge in [-0.1, -0.05) is 46.3 Å². The Kier molecular flexibility index (Phi) is 11.3. The number of alkyl halides is 3. The van der Waals surface area contributed by atoms with Crippen molar-refractivity contribution >= 4 is 17.2 Å². The molecule has 0 atom stereocenters. The van der Waals surface area contributed by atoms with Crippen LogP contribution in [0.25, 0.3) is 11.4 Å². The third-order valence-corrected chi connectivity index (χ3v) is 6.62. The average Bonchev–Trinajstić information content (AvgIpc) is 3.39. The van der Waals surface area contributed by atoms with E-state index in [1.54, 1.807) is 29.2 Å². The van der Waals surface area contributed by atoms with Gasteiger partial charge < -0.3 is 9.88 Å². The van der Waals surface area contributed by atoms with Crippen molar-refractivity contribution in [2.75, 3.05) is 5.32 Å². The SMILES string of the molecule is C=C(Nc1ccc(CCC)c(CCc2ccnc(C(C)=O)c2)c1)c1cc(-n2ccc(C)c2)cc(C(F)(F)F)c1.CCC.[HH].[HH]. The Labute approximate surface area is 250 Å². The highest BCUT2D eigenvalue weighted by Crippen LogP contribution is 2.33. The van der Waals surface area contributed by atoms with Crippen LogP contribution < -0.4 is 5.32 Å². The maximum Gasteiger partial charge on any atom is 0.416 e. The van der Waals surface area contributed by atoms with E-state index in [9.17, 15) is 18.0 Å². The van der Waals surface area contributed by atoms with Crippen molar-refractivity contribution in [1.29, 1.82) is 0 Å². The molecule has 0 fully saturated rings. The number of aryl methyl sites for hydroxylation is 4. The van der Waals surface area contributed by atoms with E-state index in [1.165, 1.54) is 18.9 Å². The lowest BCUT2D eigenvalue weighted by Gasteiger charge is -2.17. The molecule has 2 aromatic heterocycles. The van der Waals surface area contributed by atoms with Gasteiger partial charge in [0.1, 0.15) is 5.69 Å². The quantitative estimate of drug-likeness (QED) is 0.190. The highest BCUT2D eigenvalue weighted by Gasteiger charge is 2.31. The minimum atomic E-state index is -4.49. The van der Waals surface area contributed by atoms with E-state index in [0.717, 1.165) is 60.2 Å². The fourth-order valence-electron chi connectivity index (χ4n) is 4.56. The van der Waals surface area contributed by atoms with E-state index in [2.05, 4.69) is 43.7 Å². The highest BCUT2D eigenvalue weighted by atomic mass is 19.4. The van der Waals surface area contributed by atoms with Crippen LogP contribution in [0, 0.1) is 6.92 Å². The molecule has 0 unspecified atom stereocenters. The number of nitrogens with zero attached hydrogens (tertiary/aromatic N) is 2. The van der Waals surface area contributed by atoms with Gasteiger partial charge in [-0.2, -0.15) is 13.2 Å². The molecule has 0 aliphatic rings. The number of carbonyl (C=O) groups is 1. The number of ketones is 1. The van der Waals surface area contributed by atoms with Crippen molar-refractivity contribution in [1.82, 2.24) is 9.55 Å². The van der Waals surface area contributed by atoms with Crippen LogP contribution in [0.1, 0.15) is 87.3 Å². The lowest BCUT2D eigenvalue weighted by Crippen LogP contribution is -2.09. The summed E-state index contributed by atoms with van der Waals surface area (Å²) in [7, 11) is 0. The van der Waals surface area contributed by atoms with Crippen molar-refractivity contribution in [2.45, 2.75) is 72.9 Å². The van der Waals surface area contributed by atoms with E-state index >= 15 is 0 Å². The number of hydrogen-bond donors (Lipinski definition) is 1. The number of nitrogens with one attached hydrogen (secondary N) is 1. The van der Waals surface area contributed by atoms with E-state index in [0.29, 0.717) is 22.6 Å². The number of halogens is 3. The van der Waals surface area contributed by atoms with Crippen molar-refractivity contribution in [3.63, 3.8) is 0 Å². The Balaban J connectivity index is 0.00000186. The second-order valence-electron chi connectivity index (χ2n) is 10.5. The van der Waals surface area contributed by atoms with Crippen LogP contribution in [0.3, 0.4) is 0 Å². The van der Waals surface area contributed by atoms with Crippen LogP contribution in [0.15, 0.2) is 79.8 Å². The summed E-state index contributed by atoms with van der Waals surface area (Å²) in [5.74, 6) is -0.0714. The smallest absolute Gasteiger partial charge is 0.356 e. The highest BCUT2D eigenvalue weighted by molar-refractivity contribution is 5.92. The molecular formula is C35H44F3N3O. The van der Waals surface area contributed by atoms with E-state index in [-0.39, 0.29) is 8.64 Å². The molecule has 0 bridgehead atoms. The van der Waals surface area contributed by atoms with Crippen molar-refractivity contribution in [3.05, 3.63) is 119 Å². The molecule has 0 saturated carbocycles. The second-order valence-corrected chi connectivity index (χ2v) is 10.5. The van der Waals surface area contributed by atoms with Crippen LogP contribution in [-0.4, -0.2) is 15.3 Å². The molecule has 0 radical (unpaired) electrons. The number of anilines is 1. The molecule has 7 heteroatoms. The topological polar surface area (TPSA) is 46.9 Å². The summed E-state index contributed by atoms with van der Waals surface area (Å²) in [5, 5.41) is 3.23. The van der Waals surface area contributed by atoms with Gasteiger partial charge in [-0.15, -0.1) is 0 Å². The van der Waals surface area contributed by atoms with Crippen LogP contribution >= 0.6 is 0 Å². The van der Waals surface area contributed by atoms with Crippen LogP contribution in [0.4, 0.5) is 18.9 Å². The first kappa shape index (κ1) is 32.4. The van der Waals surface area contributed by atoms with Gasteiger partial charge in [-0.3, -0.25) is 9.78 Å². The van der Waals surface area contributed by atoms with Crippen molar-refractivity contribution in [3.8, 4) is 5.69 Å². The predicted octanol–water partition coefficient (Wildman–Crippen LogP) is 10.1. The van der Waals surface area contributed by atoms with E-state index in [1.807, 2.05) is 37.3 Å². The first-order chi connectivity index (χ1) is 19.9. The summed E-state index contributed by atoms with van der Waals surface area (Å²) in [5.41, 5.74) is 5.96. The van der Waals surface area contributed by atoms with E-state index < -0.39 is 11.7 Å². The Bertz CT molecular complexity index is 1530. The summed E-state index contributed by atoms with van der Waals surface area (Å²) < 4.78 is 42.9. The lowest BCUT2D eigenvalue weighted by molar-refractivity contribution is -0.137. The Morgan fingerprint density at radius 1 is 0.976 bits per heavy atom. The number of hydrogen-bond acceptors (Lipinski definition) is 3. The lowest BCUT2D eigenvalue weighted by atomic mass is 9.96. The summed E-state index contributed by atoms with van der Waals surface area (Å²) in [4.78, 5) is 15.8. The molecular weight excluding hydrogens is 535 g/mol. The number of rotatable bonds is 10. The van der Waals surface area contributed by atoms with Gasteiger partial charge in [0.15, 0.2) is 5.78 Å². The fourth-order valence-corrected chi connectivity index (χ4v) is 4.56. The molecule has 4 rings (SSSR count). The first-order valence-corrected chi connectivity index (χ1v) is 14.4. The molecule has 2 heterocycles. The van der Waals surface area contributed by atoms with Gasteiger partial charge in [-0.25, -0.2) is 0 Å². The molecule has 0 aliphatic heterocycles. The van der Waals surface area contributed by atoms with Crippen LogP contribution in [-0.2, 0) is 25.4 Å². The molecule has 0 amide bonds. The van der Waals surface area contributed by atoms with Crippen molar-refractivity contribution in [2.24, 2.45) is 0 Å². The molecule has 42 heavy (non-hydrogen) atoms. The third kappa shape index (κ3) is 8.93. The molecule has 1 N–H and O–H groups in total. The number of aromatic nitrogens is 2. The summed E-state index contributed by atoms with van der Waals surface area (Å²) in [6, 6.07) is 15.6. The zero-order chi connectivity index (χ0) is 30.9. The number of pyridine rings is 1. The van der Waals surface area contributed by atoms with Gasteiger partial charge in [0.25, 0.3) is 0 Å². The molecule has 2 aromatic carbocycles. The number of Topliss-reactive ketones (excluding diaryl/α,β-unsaturated/α-hetero) is 1. The van der Waals surface area contributed by atoms with Gasteiger partial charge in [0.2, 0.25) is 0 Å². The average molecular weight is 580 g/mol. The number of benzene rings is 2. The van der Waals surface area contributed by atoms with E-state index in [4.69, 9.17) is 0 Å². The summed E-state index contributed by atoms with van der Waals surface area (Å²) >= 11 is 0. The van der Waals surface area contributed by atoms with Gasteiger partial charge in [0, 0.05) is 45.4 Å². The standard InChI is InChI=1S/C32H32F3N3O.C3H8.2H2/c1-5-6-25-9-10-29(17-26(25)8-7-24-11-13-36-31(15-24)23(4)39)37-22(3)27-16-28(32(33,34)35)19-30(18-27)38-14-12-21(2)20-38;1-3-2;;/h9-20,37H,3,5-8H2,1-2,4H3;3H2,1-2H3;2*1H. The normalized spacial score (nSPS) is 11.0. The first-order valence-electron chi connectivity index (χ1n) is 14.4. The monoisotopic (exact) mass is 579 g/mol. The molecule has 226 valence electrons. The summed E-state index contributed by atoms with van der Waals surface area (Å²) in [6.07, 6.45) is 5.33.